The lowest BCUT2D eigenvalue weighted by molar-refractivity contribution is 0.0967. The van der Waals surface area contributed by atoms with Crippen LogP contribution >= 0.6 is 0 Å². The first kappa shape index (κ1) is 11.4. The Balaban J connectivity index is 2.06. The molecule has 2 nitrogen and oxygen atoms in total. The molecule has 0 spiro atoms. The quantitative estimate of drug-likeness (QED) is 0.822. The van der Waals surface area contributed by atoms with E-state index < -0.39 is 0 Å². The second-order valence-corrected chi connectivity index (χ2v) is 4.00. The average molecular weight is 225 g/mol. The first-order valence-electron chi connectivity index (χ1n) is 5.67. The third-order valence-electron chi connectivity index (χ3n) is 2.60. The monoisotopic (exact) mass is 225 g/mol. The largest absolute Gasteiger partial charge is 0.322 e. The number of hydrogen-bond donors (Lipinski definition) is 1. The Morgan fingerprint density at radius 3 is 2.65 bits per heavy atom. The van der Waals surface area contributed by atoms with E-state index in [1.165, 1.54) is 5.57 Å². The van der Waals surface area contributed by atoms with Crippen LogP contribution in [0.3, 0.4) is 0 Å². The minimum Gasteiger partial charge on any atom is -0.322 e. The van der Waals surface area contributed by atoms with Gasteiger partial charge in [-0.3, -0.25) is 4.79 Å². The second kappa shape index (κ2) is 5.30. The molecule has 17 heavy (non-hydrogen) atoms. The van der Waals surface area contributed by atoms with Crippen LogP contribution in [0.5, 0.6) is 0 Å². The maximum atomic E-state index is 11.9. The summed E-state index contributed by atoms with van der Waals surface area (Å²) in [5, 5.41) is 2.90. The molecule has 0 saturated carbocycles. The highest BCUT2D eigenvalue weighted by molar-refractivity contribution is 5.95. The van der Waals surface area contributed by atoms with Crippen LogP contribution in [0.2, 0.25) is 0 Å². The van der Waals surface area contributed by atoms with Crippen molar-refractivity contribution in [3.05, 3.63) is 71.5 Å². The lowest BCUT2D eigenvalue weighted by atomic mass is 10.2. The maximum absolute atomic E-state index is 11.9. The molecule has 1 aromatic carbocycles. The van der Waals surface area contributed by atoms with Gasteiger partial charge in [-0.05, 0) is 31.6 Å². The van der Waals surface area contributed by atoms with Crippen LogP contribution < -0.4 is 5.32 Å². The van der Waals surface area contributed by atoms with Crippen molar-refractivity contribution in [1.29, 1.82) is 0 Å². The molecule has 0 atom stereocenters. The first-order valence-corrected chi connectivity index (χ1v) is 5.67. The number of hydrogen-bond acceptors (Lipinski definition) is 1. The van der Waals surface area contributed by atoms with E-state index >= 15 is 0 Å². The minimum atomic E-state index is -0.0685. The Kier molecular flexibility index (Phi) is 3.55. The van der Waals surface area contributed by atoms with Gasteiger partial charge in [0.15, 0.2) is 0 Å². The van der Waals surface area contributed by atoms with Crippen molar-refractivity contribution in [3.63, 3.8) is 0 Å². The van der Waals surface area contributed by atoms with Crippen molar-refractivity contribution in [2.75, 3.05) is 0 Å². The highest BCUT2D eigenvalue weighted by Crippen LogP contribution is 2.09. The molecular formula is C15H15NO. The summed E-state index contributed by atoms with van der Waals surface area (Å²) >= 11 is 0. The van der Waals surface area contributed by atoms with Crippen molar-refractivity contribution in [3.8, 4) is 0 Å². The van der Waals surface area contributed by atoms with E-state index in [1.807, 2.05) is 43.4 Å². The normalized spacial score (nSPS) is 14.6. The molecule has 2 rings (SSSR count). The van der Waals surface area contributed by atoms with E-state index in [0.29, 0.717) is 5.56 Å². The fourth-order valence-corrected chi connectivity index (χ4v) is 1.61. The van der Waals surface area contributed by atoms with Crippen LogP contribution in [0, 0.1) is 0 Å². The second-order valence-electron chi connectivity index (χ2n) is 4.00. The predicted octanol–water partition coefficient (Wildman–Crippen LogP) is 3.21. The van der Waals surface area contributed by atoms with Crippen LogP contribution in [0.15, 0.2) is 65.9 Å². The minimum absolute atomic E-state index is 0.0685. The summed E-state index contributed by atoms with van der Waals surface area (Å²) in [4.78, 5) is 11.9. The molecule has 1 N–H and O–H groups in total. The van der Waals surface area contributed by atoms with E-state index in [0.717, 1.165) is 12.1 Å². The molecule has 1 amide bonds. The van der Waals surface area contributed by atoms with E-state index in [9.17, 15) is 4.79 Å². The standard InChI is InChI=1S/C15H15NO/c1-12-6-5-9-14(11-10-12)16-15(17)13-7-3-2-4-8-13/h2-4,6-11H,5H2,1H3,(H,16,17). The molecule has 0 saturated heterocycles. The number of benzene rings is 1. The van der Waals surface area contributed by atoms with Crippen molar-refractivity contribution < 1.29 is 4.79 Å². The summed E-state index contributed by atoms with van der Waals surface area (Å²) < 4.78 is 0. The number of rotatable bonds is 2. The zero-order valence-electron chi connectivity index (χ0n) is 9.81. The highest BCUT2D eigenvalue weighted by Gasteiger charge is 2.05. The number of allylic oxidation sites excluding steroid dienone is 5. The van der Waals surface area contributed by atoms with E-state index in [1.54, 1.807) is 12.1 Å². The Bertz CT molecular complexity index is 495. The smallest absolute Gasteiger partial charge is 0.255 e. The van der Waals surface area contributed by atoms with Gasteiger partial charge in [0.1, 0.15) is 0 Å². The van der Waals surface area contributed by atoms with E-state index in [4.69, 9.17) is 0 Å². The Hall–Kier alpha value is -2.09. The van der Waals surface area contributed by atoms with Crippen LogP contribution in [-0.4, -0.2) is 5.91 Å². The van der Waals surface area contributed by atoms with Gasteiger partial charge in [0.25, 0.3) is 5.91 Å². The summed E-state index contributed by atoms with van der Waals surface area (Å²) in [5.74, 6) is -0.0685. The lowest BCUT2D eigenvalue weighted by Crippen LogP contribution is -2.21. The first-order chi connectivity index (χ1) is 8.25. The number of nitrogens with one attached hydrogen (secondary N) is 1. The number of carbonyl (C=O) groups excluding carboxylic acids is 1. The average Bonchev–Trinajstić information content (AvgIpc) is 2.56. The maximum Gasteiger partial charge on any atom is 0.255 e. The van der Waals surface area contributed by atoms with Crippen molar-refractivity contribution in [2.45, 2.75) is 13.3 Å². The third-order valence-corrected chi connectivity index (χ3v) is 2.60. The fraction of sp³-hybridized carbons (Fsp3) is 0.133. The van der Waals surface area contributed by atoms with Gasteiger partial charge in [0, 0.05) is 11.3 Å². The van der Waals surface area contributed by atoms with Gasteiger partial charge in [-0.15, -0.1) is 0 Å². The van der Waals surface area contributed by atoms with Gasteiger partial charge in [0.2, 0.25) is 0 Å². The summed E-state index contributed by atoms with van der Waals surface area (Å²) in [5.41, 5.74) is 2.74. The van der Waals surface area contributed by atoms with Gasteiger partial charge in [0.05, 0.1) is 0 Å². The Morgan fingerprint density at radius 1 is 1.12 bits per heavy atom. The van der Waals surface area contributed by atoms with Crippen LogP contribution in [-0.2, 0) is 0 Å². The SMILES string of the molecule is CC1=CCC=C(NC(=O)c2ccccc2)C=C1. The topological polar surface area (TPSA) is 29.1 Å². The Labute approximate surface area is 101 Å². The molecule has 0 aromatic heterocycles. The highest BCUT2D eigenvalue weighted by atomic mass is 16.1. The van der Waals surface area contributed by atoms with Crippen molar-refractivity contribution in [1.82, 2.24) is 5.32 Å². The summed E-state index contributed by atoms with van der Waals surface area (Å²) in [6, 6.07) is 9.23. The third kappa shape index (κ3) is 3.18. The summed E-state index contributed by atoms with van der Waals surface area (Å²) in [7, 11) is 0. The van der Waals surface area contributed by atoms with Gasteiger partial charge >= 0.3 is 0 Å². The zero-order valence-corrected chi connectivity index (χ0v) is 9.81. The molecule has 0 bridgehead atoms. The van der Waals surface area contributed by atoms with Crippen LogP contribution in [0.25, 0.3) is 0 Å². The molecule has 0 radical (unpaired) electrons. The van der Waals surface area contributed by atoms with Crippen molar-refractivity contribution >= 4 is 5.91 Å². The van der Waals surface area contributed by atoms with Crippen molar-refractivity contribution in [2.24, 2.45) is 0 Å². The molecule has 1 aliphatic carbocycles. The molecule has 0 fully saturated rings. The van der Waals surface area contributed by atoms with Gasteiger partial charge in [-0.2, -0.15) is 0 Å². The molecule has 86 valence electrons. The van der Waals surface area contributed by atoms with Gasteiger partial charge < -0.3 is 5.32 Å². The van der Waals surface area contributed by atoms with E-state index in [-0.39, 0.29) is 5.91 Å². The molecule has 0 aliphatic heterocycles. The Morgan fingerprint density at radius 2 is 1.88 bits per heavy atom. The molecular weight excluding hydrogens is 210 g/mol. The summed E-state index contributed by atoms with van der Waals surface area (Å²) in [6.45, 7) is 2.05. The predicted molar refractivity (Wildman–Crippen MR) is 69.5 cm³/mol. The van der Waals surface area contributed by atoms with Crippen LogP contribution in [0.1, 0.15) is 23.7 Å². The van der Waals surface area contributed by atoms with Gasteiger partial charge in [-0.1, -0.05) is 42.0 Å². The van der Waals surface area contributed by atoms with Crippen LogP contribution in [0.4, 0.5) is 0 Å². The van der Waals surface area contributed by atoms with Gasteiger partial charge in [-0.25, -0.2) is 0 Å². The zero-order chi connectivity index (χ0) is 12.1. The molecule has 2 heteroatoms. The van der Waals surface area contributed by atoms with E-state index in [2.05, 4.69) is 11.4 Å². The molecule has 0 heterocycles. The fourth-order valence-electron chi connectivity index (χ4n) is 1.61. The molecule has 0 unspecified atom stereocenters. The number of carbonyl (C=O) groups is 1. The molecule has 1 aliphatic rings. The summed E-state index contributed by atoms with van der Waals surface area (Å²) in [6.07, 6.45) is 8.92. The lowest BCUT2D eigenvalue weighted by Gasteiger charge is -2.05. The number of amides is 1. The molecule has 1 aromatic rings.